The molecule has 0 aliphatic rings. The third-order valence-corrected chi connectivity index (χ3v) is 3.63. The van der Waals surface area contributed by atoms with Gasteiger partial charge in [0, 0.05) is 19.3 Å². The number of rotatable bonds is 5. The van der Waals surface area contributed by atoms with E-state index in [4.69, 9.17) is 5.73 Å². The van der Waals surface area contributed by atoms with Gasteiger partial charge in [-0.2, -0.15) is 5.10 Å². The second kappa shape index (κ2) is 7.96. The van der Waals surface area contributed by atoms with Crippen LogP contribution in [-0.4, -0.2) is 15.7 Å². The molecule has 2 atom stereocenters. The molecule has 1 amide bonds. The maximum Gasteiger partial charge on any atom is 0.229 e. The van der Waals surface area contributed by atoms with Crippen LogP contribution in [0.1, 0.15) is 31.1 Å². The SMILES string of the molecule is CCc1nn(C)cc1NC(=O)C(C)C(N)c1ccccc1.Cl. The first-order chi connectivity index (χ1) is 10.0. The van der Waals surface area contributed by atoms with Crippen LogP contribution in [0.5, 0.6) is 0 Å². The number of carbonyl (C=O) groups is 1. The molecule has 2 unspecified atom stereocenters. The Morgan fingerprint density at radius 3 is 2.59 bits per heavy atom. The number of nitrogens with one attached hydrogen (secondary N) is 1. The van der Waals surface area contributed by atoms with E-state index in [0.29, 0.717) is 0 Å². The summed E-state index contributed by atoms with van der Waals surface area (Å²) in [6.07, 6.45) is 2.59. The highest BCUT2D eigenvalue weighted by atomic mass is 35.5. The number of aryl methyl sites for hydroxylation is 2. The Balaban J connectivity index is 0.00000242. The number of nitrogens with two attached hydrogens (primary N) is 1. The highest BCUT2D eigenvalue weighted by Gasteiger charge is 2.23. The van der Waals surface area contributed by atoms with Crippen molar-refractivity contribution in [3.63, 3.8) is 0 Å². The van der Waals surface area contributed by atoms with Crippen LogP contribution in [0.4, 0.5) is 5.69 Å². The van der Waals surface area contributed by atoms with Gasteiger partial charge in [-0.3, -0.25) is 9.48 Å². The summed E-state index contributed by atoms with van der Waals surface area (Å²) in [6.45, 7) is 3.85. The molecular formula is C16H23ClN4O. The van der Waals surface area contributed by atoms with Gasteiger partial charge < -0.3 is 11.1 Å². The Labute approximate surface area is 137 Å². The molecule has 1 aromatic heterocycles. The van der Waals surface area contributed by atoms with Crippen LogP contribution in [0.15, 0.2) is 36.5 Å². The topological polar surface area (TPSA) is 72.9 Å². The maximum atomic E-state index is 12.4. The third kappa shape index (κ3) is 4.08. The van der Waals surface area contributed by atoms with Gasteiger partial charge in [-0.05, 0) is 12.0 Å². The summed E-state index contributed by atoms with van der Waals surface area (Å²) in [6, 6.07) is 9.34. The van der Waals surface area contributed by atoms with Crippen LogP contribution in [0.3, 0.4) is 0 Å². The van der Waals surface area contributed by atoms with Crippen LogP contribution in [0.25, 0.3) is 0 Å². The van der Waals surface area contributed by atoms with Gasteiger partial charge >= 0.3 is 0 Å². The molecule has 2 rings (SSSR count). The lowest BCUT2D eigenvalue weighted by atomic mass is 9.94. The molecule has 120 valence electrons. The summed E-state index contributed by atoms with van der Waals surface area (Å²) in [4.78, 5) is 12.4. The van der Waals surface area contributed by atoms with Crippen LogP contribution >= 0.6 is 12.4 Å². The summed E-state index contributed by atoms with van der Waals surface area (Å²) in [5.41, 5.74) is 8.79. The van der Waals surface area contributed by atoms with E-state index < -0.39 is 0 Å². The molecule has 0 aliphatic heterocycles. The quantitative estimate of drug-likeness (QED) is 0.889. The summed E-state index contributed by atoms with van der Waals surface area (Å²) < 4.78 is 1.70. The molecule has 1 aromatic carbocycles. The van der Waals surface area contributed by atoms with E-state index in [1.807, 2.05) is 57.4 Å². The highest BCUT2D eigenvalue weighted by Crippen LogP contribution is 2.22. The number of nitrogens with zero attached hydrogens (tertiary/aromatic N) is 2. The van der Waals surface area contributed by atoms with E-state index in [1.54, 1.807) is 4.68 Å². The van der Waals surface area contributed by atoms with Gasteiger partial charge in [0.15, 0.2) is 0 Å². The van der Waals surface area contributed by atoms with E-state index in [0.717, 1.165) is 23.4 Å². The average molecular weight is 323 g/mol. The lowest BCUT2D eigenvalue weighted by Crippen LogP contribution is -2.30. The molecule has 0 saturated heterocycles. The fourth-order valence-corrected chi connectivity index (χ4v) is 2.27. The van der Waals surface area contributed by atoms with Crippen LogP contribution in [0, 0.1) is 5.92 Å². The monoisotopic (exact) mass is 322 g/mol. The van der Waals surface area contributed by atoms with E-state index >= 15 is 0 Å². The molecule has 0 aliphatic carbocycles. The second-order valence-electron chi connectivity index (χ2n) is 5.23. The summed E-state index contributed by atoms with van der Waals surface area (Å²) in [5, 5.41) is 7.25. The summed E-state index contributed by atoms with van der Waals surface area (Å²) >= 11 is 0. The van der Waals surface area contributed by atoms with Crippen molar-refractivity contribution in [2.24, 2.45) is 18.7 Å². The Kier molecular flexibility index (Phi) is 6.59. The zero-order valence-electron chi connectivity index (χ0n) is 13.1. The van der Waals surface area contributed by atoms with E-state index in [-0.39, 0.29) is 30.3 Å². The molecule has 22 heavy (non-hydrogen) atoms. The van der Waals surface area contributed by atoms with E-state index in [1.165, 1.54) is 0 Å². The zero-order chi connectivity index (χ0) is 15.4. The lowest BCUT2D eigenvalue weighted by molar-refractivity contribution is -0.120. The maximum absolute atomic E-state index is 12.4. The van der Waals surface area contributed by atoms with Crippen molar-refractivity contribution < 1.29 is 4.79 Å². The van der Waals surface area contributed by atoms with Gasteiger partial charge in [-0.25, -0.2) is 0 Å². The van der Waals surface area contributed by atoms with Crippen molar-refractivity contribution in [2.45, 2.75) is 26.3 Å². The van der Waals surface area contributed by atoms with Crippen molar-refractivity contribution in [2.75, 3.05) is 5.32 Å². The van der Waals surface area contributed by atoms with E-state index in [9.17, 15) is 4.79 Å². The fourth-order valence-electron chi connectivity index (χ4n) is 2.27. The number of anilines is 1. The van der Waals surface area contributed by atoms with E-state index in [2.05, 4.69) is 10.4 Å². The van der Waals surface area contributed by atoms with Crippen LogP contribution < -0.4 is 11.1 Å². The first-order valence-corrected chi connectivity index (χ1v) is 7.16. The highest BCUT2D eigenvalue weighted by molar-refractivity contribution is 5.93. The van der Waals surface area contributed by atoms with Gasteiger partial charge in [0.25, 0.3) is 0 Å². The van der Waals surface area contributed by atoms with Gasteiger partial charge in [0.1, 0.15) is 0 Å². The van der Waals surface area contributed by atoms with Crippen LogP contribution in [-0.2, 0) is 18.3 Å². The normalized spacial score (nSPS) is 13.1. The minimum atomic E-state index is -0.326. The molecule has 6 heteroatoms. The molecule has 0 fully saturated rings. The molecule has 2 aromatic rings. The zero-order valence-corrected chi connectivity index (χ0v) is 13.9. The Morgan fingerprint density at radius 2 is 2.00 bits per heavy atom. The lowest BCUT2D eigenvalue weighted by Gasteiger charge is -2.19. The Bertz CT molecular complexity index is 612. The minimum absolute atomic E-state index is 0. The van der Waals surface area contributed by atoms with Crippen molar-refractivity contribution >= 4 is 24.0 Å². The largest absolute Gasteiger partial charge is 0.323 e. The fraction of sp³-hybridized carbons (Fsp3) is 0.375. The van der Waals surface area contributed by atoms with Gasteiger partial charge in [0.05, 0.1) is 17.3 Å². The predicted octanol–water partition coefficient (Wildman–Crippen LogP) is 2.68. The molecule has 0 bridgehead atoms. The van der Waals surface area contributed by atoms with Gasteiger partial charge in [-0.1, -0.05) is 44.2 Å². The summed E-state index contributed by atoms with van der Waals surface area (Å²) in [7, 11) is 1.84. The molecular weight excluding hydrogens is 300 g/mol. The predicted molar refractivity (Wildman–Crippen MR) is 91.0 cm³/mol. The summed E-state index contributed by atoms with van der Waals surface area (Å²) in [5.74, 6) is -0.411. The molecule has 0 saturated carbocycles. The molecule has 1 heterocycles. The van der Waals surface area contributed by atoms with Crippen LogP contribution in [0.2, 0.25) is 0 Å². The van der Waals surface area contributed by atoms with Crippen molar-refractivity contribution in [3.8, 4) is 0 Å². The Morgan fingerprint density at radius 1 is 1.36 bits per heavy atom. The van der Waals surface area contributed by atoms with Gasteiger partial charge in [-0.15, -0.1) is 12.4 Å². The van der Waals surface area contributed by atoms with Crippen molar-refractivity contribution in [1.82, 2.24) is 9.78 Å². The number of halogens is 1. The number of carbonyl (C=O) groups excluding carboxylic acids is 1. The number of amides is 1. The smallest absolute Gasteiger partial charge is 0.229 e. The number of hydrogen-bond donors (Lipinski definition) is 2. The molecule has 5 nitrogen and oxygen atoms in total. The molecule has 0 spiro atoms. The number of benzene rings is 1. The minimum Gasteiger partial charge on any atom is -0.323 e. The van der Waals surface area contributed by atoms with Crippen molar-refractivity contribution in [3.05, 3.63) is 47.8 Å². The number of hydrogen-bond acceptors (Lipinski definition) is 3. The second-order valence-corrected chi connectivity index (χ2v) is 5.23. The average Bonchev–Trinajstić information content (AvgIpc) is 2.86. The standard InChI is InChI=1S/C16H22N4O.ClH/c1-4-13-14(10-20(3)19-13)18-16(21)11(2)15(17)12-8-6-5-7-9-12;/h5-11,15H,4,17H2,1-3H3,(H,18,21);1H. The molecule has 0 radical (unpaired) electrons. The van der Waals surface area contributed by atoms with Crippen molar-refractivity contribution in [1.29, 1.82) is 0 Å². The Hall–Kier alpha value is -1.85. The first kappa shape index (κ1) is 18.2. The first-order valence-electron chi connectivity index (χ1n) is 7.16. The third-order valence-electron chi connectivity index (χ3n) is 3.63. The molecule has 3 N–H and O–H groups in total. The number of aromatic nitrogens is 2. The van der Waals surface area contributed by atoms with Gasteiger partial charge in [0.2, 0.25) is 5.91 Å².